The Morgan fingerprint density at radius 3 is 2.85 bits per heavy atom. The molecule has 3 aromatic rings. The first kappa shape index (κ1) is 16.3. The van der Waals surface area contributed by atoms with Crippen molar-refractivity contribution in [1.82, 2.24) is 20.6 Å². The highest BCUT2D eigenvalue weighted by Crippen LogP contribution is 2.35. The van der Waals surface area contributed by atoms with E-state index in [1.165, 1.54) is 0 Å². The first-order valence-corrected chi connectivity index (χ1v) is 8.61. The van der Waals surface area contributed by atoms with E-state index in [0.29, 0.717) is 25.3 Å². The molecule has 0 fully saturated rings. The number of amides is 1. The number of benzene rings is 2. The molecule has 0 radical (unpaired) electrons. The number of H-pyrrole nitrogens is 1. The van der Waals surface area contributed by atoms with Crippen LogP contribution in [0.4, 0.5) is 5.69 Å². The van der Waals surface area contributed by atoms with E-state index in [1.807, 2.05) is 48.5 Å². The highest BCUT2D eigenvalue weighted by molar-refractivity contribution is 5.91. The molecule has 2 N–H and O–H groups in total. The Labute approximate surface area is 150 Å². The number of hydrogen-bond acceptors (Lipinski definition) is 5. The van der Waals surface area contributed by atoms with Crippen molar-refractivity contribution in [3.8, 4) is 5.75 Å². The van der Waals surface area contributed by atoms with E-state index in [9.17, 15) is 4.79 Å². The molecule has 7 nitrogen and oxygen atoms in total. The lowest BCUT2D eigenvalue weighted by atomic mass is 9.90. The smallest absolute Gasteiger partial charge is 0.224 e. The molecule has 2 aromatic carbocycles. The molecule has 1 aliphatic heterocycles. The van der Waals surface area contributed by atoms with Crippen LogP contribution in [0.3, 0.4) is 0 Å². The Kier molecular flexibility index (Phi) is 4.59. The average Bonchev–Trinajstić information content (AvgIpc) is 3.17. The van der Waals surface area contributed by atoms with Gasteiger partial charge in [0.2, 0.25) is 5.91 Å². The SMILES string of the molecule is O=C(C[C@@H]1CCOc2ccccc21)Nc1ccc(Cc2nn[nH]n2)cc1. The van der Waals surface area contributed by atoms with Crippen LogP contribution in [-0.2, 0) is 11.2 Å². The summed E-state index contributed by atoms with van der Waals surface area (Å²) in [7, 11) is 0. The molecule has 0 saturated heterocycles. The molecule has 0 aliphatic carbocycles. The number of aromatic nitrogens is 4. The number of aromatic amines is 1. The number of nitrogens with zero attached hydrogens (tertiary/aromatic N) is 3. The lowest BCUT2D eigenvalue weighted by molar-refractivity contribution is -0.116. The average molecular weight is 349 g/mol. The summed E-state index contributed by atoms with van der Waals surface area (Å²) >= 11 is 0. The summed E-state index contributed by atoms with van der Waals surface area (Å²) in [5.74, 6) is 1.73. The van der Waals surface area contributed by atoms with Crippen LogP contribution in [0.25, 0.3) is 0 Å². The van der Waals surface area contributed by atoms with Crippen molar-refractivity contribution in [1.29, 1.82) is 0 Å². The van der Waals surface area contributed by atoms with Gasteiger partial charge in [0.05, 0.1) is 6.61 Å². The van der Waals surface area contributed by atoms with Crippen molar-refractivity contribution in [3.05, 3.63) is 65.5 Å². The second-order valence-corrected chi connectivity index (χ2v) is 6.33. The highest BCUT2D eigenvalue weighted by atomic mass is 16.5. The Morgan fingerprint density at radius 2 is 2.04 bits per heavy atom. The minimum atomic E-state index is 0.0117. The molecule has 0 unspecified atom stereocenters. The maximum atomic E-state index is 12.4. The fourth-order valence-electron chi connectivity index (χ4n) is 3.21. The summed E-state index contributed by atoms with van der Waals surface area (Å²) in [5, 5.41) is 16.8. The normalized spacial score (nSPS) is 15.8. The number of hydrogen-bond donors (Lipinski definition) is 2. The minimum Gasteiger partial charge on any atom is -0.493 e. The number of ether oxygens (including phenoxy) is 1. The van der Waals surface area contributed by atoms with Crippen molar-refractivity contribution in [3.63, 3.8) is 0 Å². The first-order valence-electron chi connectivity index (χ1n) is 8.61. The van der Waals surface area contributed by atoms with Crippen molar-refractivity contribution >= 4 is 11.6 Å². The molecule has 0 bridgehead atoms. The third-order valence-corrected chi connectivity index (χ3v) is 4.50. The summed E-state index contributed by atoms with van der Waals surface area (Å²) in [6.45, 7) is 0.653. The Balaban J connectivity index is 1.36. The topological polar surface area (TPSA) is 92.8 Å². The van der Waals surface area contributed by atoms with Crippen LogP contribution in [0.5, 0.6) is 5.75 Å². The second-order valence-electron chi connectivity index (χ2n) is 6.33. The number of anilines is 1. The molecule has 0 saturated carbocycles. The fraction of sp³-hybridized carbons (Fsp3) is 0.263. The largest absolute Gasteiger partial charge is 0.493 e. The molecule has 1 aromatic heterocycles. The molecule has 2 heterocycles. The number of nitrogens with one attached hydrogen (secondary N) is 2. The number of carbonyl (C=O) groups is 1. The van der Waals surface area contributed by atoms with Gasteiger partial charge >= 0.3 is 0 Å². The maximum Gasteiger partial charge on any atom is 0.224 e. The van der Waals surface area contributed by atoms with Gasteiger partial charge in [0.15, 0.2) is 5.82 Å². The Bertz CT molecular complexity index is 877. The zero-order chi connectivity index (χ0) is 17.8. The molecule has 1 atom stereocenters. The Hall–Kier alpha value is -3.22. The molecule has 7 heteroatoms. The van der Waals surface area contributed by atoms with Crippen LogP contribution in [0.2, 0.25) is 0 Å². The van der Waals surface area contributed by atoms with E-state index < -0.39 is 0 Å². The van der Waals surface area contributed by atoms with Gasteiger partial charge in [-0.1, -0.05) is 35.5 Å². The third-order valence-electron chi connectivity index (χ3n) is 4.50. The van der Waals surface area contributed by atoms with Gasteiger partial charge in [-0.2, -0.15) is 5.21 Å². The van der Waals surface area contributed by atoms with Gasteiger partial charge in [-0.25, -0.2) is 0 Å². The van der Waals surface area contributed by atoms with Crippen LogP contribution >= 0.6 is 0 Å². The van der Waals surface area contributed by atoms with Gasteiger partial charge in [0.25, 0.3) is 0 Å². The van der Waals surface area contributed by atoms with E-state index in [4.69, 9.17) is 4.74 Å². The molecule has 0 spiro atoms. The molecule has 26 heavy (non-hydrogen) atoms. The predicted octanol–water partition coefficient (Wildman–Crippen LogP) is 2.69. The van der Waals surface area contributed by atoms with E-state index in [1.54, 1.807) is 0 Å². The molecule has 132 valence electrons. The Morgan fingerprint density at radius 1 is 1.19 bits per heavy atom. The van der Waals surface area contributed by atoms with Crippen LogP contribution < -0.4 is 10.1 Å². The van der Waals surface area contributed by atoms with Crippen molar-refractivity contribution in [2.45, 2.75) is 25.2 Å². The lowest BCUT2D eigenvalue weighted by Gasteiger charge is -2.25. The molecule has 1 amide bonds. The molecular weight excluding hydrogens is 330 g/mol. The van der Waals surface area contributed by atoms with Gasteiger partial charge in [-0.05, 0) is 41.7 Å². The third kappa shape index (κ3) is 3.72. The van der Waals surface area contributed by atoms with Crippen LogP contribution in [-0.4, -0.2) is 33.1 Å². The van der Waals surface area contributed by atoms with Crippen LogP contribution in [0.15, 0.2) is 48.5 Å². The fourth-order valence-corrected chi connectivity index (χ4v) is 3.21. The highest BCUT2D eigenvalue weighted by Gasteiger charge is 2.23. The summed E-state index contributed by atoms with van der Waals surface area (Å²) in [6.07, 6.45) is 1.91. The number of para-hydroxylation sites is 1. The summed E-state index contributed by atoms with van der Waals surface area (Å²) in [4.78, 5) is 12.4. The number of rotatable bonds is 5. The van der Waals surface area contributed by atoms with Crippen molar-refractivity contribution in [2.24, 2.45) is 0 Å². The quantitative estimate of drug-likeness (QED) is 0.739. The van der Waals surface area contributed by atoms with E-state index in [2.05, 4.69) is 25.9 Å². The molecular formula is C19H19N5O2. The first-order chi connectivity index (χ1) is 12.8. The second kappa shape index (κ2) is 7.35. The van der Waals surface area contributed by atoms with E-state index >= 15 is 0 Å². The monoisotopic (exact) mass is 349 g/mol. The van der Waals surface area contributed by atoms with Crippen molar-refractivity contribution < 1.29 is 9.53 Å². The van der Waals surface area contributed by atoms with E-state index in [0.717, 1.165) is 29.0 Å². The number of fused-ring (bicyclic) bond motifs is 1. The van der Waals surface area contributed by atoms with Gasteiger partial charge in [0, 0.05) is 18.5 Å². The maximum absolute atomic E-state index is 12.4. The minimum absolute atomic E-state index is 0.0117. The van der Waals surface area contributed by atoms with Gasteiger partial charge in [0.1, 0.15) is 5.75 Å². The zero-order valence-electron chi connectivity index (χ0n) is 14.2. The number of carbonyl (C=O) groups excluding carboxylic acids is 1. The predicted molar refractivity (Wildman–Crippen MR) is 96.0 cm³/mol. The van der Waals surface area contributed by atoms with Gasteiger partial charge < -0.3 is 10.1 Å². The zero-order valence-corrected chi connectivity index (χ0v) is 14.2. The van der Waals surface area contributed by atoms with E-state index in [-0.39, 0.29) is 11.8 Å². The van der Waals surface area contributed by atoms with Crippen LogP contribution in [0.1, 0.15) is 35.7 Å². The van der Waals surface area contributed by atoms with Gasteiger partial charge in [-0.15, -0.1) is 10.2 Å². The number of tetrazole rings is 1. The standard InChI is InChI=1S/C19H19N5O2/c25-19(12-14-9-10-26-17-4-2-1-3-16(14)17)20-15-7-5-13(6-8-15)11-18-21-23-24-22-18/h1-8,14H,9-12H2,(H,20,25)(H,21,22,23,24)/t14-/m0/s1. The van der Waals surface area contributed by atoms with Gasteiger partial charge in [-0.3, -0.25) is 4.79 Å². The van der Waals surface area contributed by atoms with Crippen molar-refractivity contribution in [2.75, 3.05) is 11.9 Å². The lowest BCUT2D eigenvalue weighted by Crippen LogP contribution is -2.20. The summed E-state index contributed by atoms with van der Waals surface area (Å²) < 4.78 is 5.66. The molecule has 1 aliphatic rings. The summed E-state index contributed by atoms with van der Waals surface area (Å²) in [5.41, 5.74) is 2.96. The molecule has 4 rings (SSSR count). The van der Waals surface area contributed by atoms with Crippen LogP contribution in [0, 0.1) is 0 Å². The summed E-state index contributed by atoms with van der Waals surface area (Å²) in [6, 6.07) is 15.6.